The normalized spacial score (nSPS) is 43.0. The summed E-state index contributed by atoms with van der Waals surface area (Å²) >= 11 is 0. The van der Waals surface area contributed by atoms with E-state index in [1.165, 1.54) is 32.4 Å². The van der Waals surface area contributed by atoms with Crippen molar-refractivity contribution in [2.75, 3.05) is 27.2 Å². The molecule has 70 valence electrons. The SMILES string of the molecule is COC1CC[C@H]2CN(C)C[C@H]2C1. The van der Waals surface area contributed by atoms with Gasteiger partial charge in [-0.05, 0) is 38.1 Å². The van der Waals surface area contributed by atoms with Gasteiger partial charge >= 0.3 is 0 Å². The Morgan fingerprint density at radius 2 is 1.92 bits per heavy atom. The van der Waals surface area contributed by atoms with E-state index >= 15 is 0 Å². The predicted molar refractivity (Wildman–Crippen MR) is 49.1 cm³/mol. The molecule has 2 nitrogen and oxygen atoms in total. The maximum Gasteiger partial charge on any atom is 0.0574 e. The average molecular weight is 169 g/mol. The van der Waals surface area contributed by atoms with Gasteiger partial charge < -0.3 is 9.64 Å². The average Bonchev–Trinajstić information content (AvgIpc) is 2.43. The van der Waals surface area contributed by atoms with Crippen LogP contribution in [0.5, 0.6) is 0 Å². The van der Waals surface area contributed by atoms with Crippen LogP contribution in [-0.4, -0.2) is 38.3 Å². The summed E-state index contributed by atoms with van der Waals surface area (Å²) in [5.41, 5.74) is 0. The maximum absolute atomic E-state index is 5.42. The zero-order chi connectivity index (χ0) is 8.55. The second-order valence-electron chi connectivity index (χ2n) is 4.41. The van der Waals surface area contributed by atoms with Crippen molar-refractivity contribution in [1.29, 1.82) is 0 Å². The van der Waals surface area contributed by atoms with E-state index in [4.69, 9.17) is 4.74 Å². The standard InChI is InChI=1S/C10H19NO/c1-11-6-8-3-4-10(12-2)5-9(8)7-11/h8-10H,3-7H2,1-2H3/t8-,9+,10?/m0/s1. The molecule has 0 aromatic rings. The second kappa shape index (κ2) is 3.35. The van der Waals surface area contributed by atoms with Gasteiger partial charge in [-0.1, -0.05) is 0 Å². The van der Waals surface area contributed by atoms with E-state index in [9.17, 15) is 0 Å². The van der Waals surface area contributed by atoms with Gasteiger partial charge in [-0.2, -0.15) is 0 Å². The fourth-order valence-electron chi connectivity index (χ4n) is 2.84. The lowest BCUT2D eigenvalue weighted by Gasteiger charge is -2.29. The Morgan fingerprint density at radius 1 is 1.17 bits per heavy atom. The third-order valence-corrected chi connectivity index (χ3v) is 3.52. The van der Waals surface area contributed by atoms with Crippen LogP contribution in [-0.2, 0) is 4.74 Å². The Balaban J connectivity index is 1.93. The highest BCUT2D eigenvalue weighted by atomic mass is 16.5. The quantitative estimate of drug-likeness (QED) is 0.587. The predicted octanol–water partition coefficient (Wildman–Crippen LogP) is 1.36. The zero-order valence-electron chi connectivity index (χ0n) is 8.12. The van der Waals surface area contributed by atoms with E-state index in [-0.39, 0.29) is 0 Å². The Kier molecular flexibility index (Phi) is 2.37. The number of ether oxygens (including phenoxy) is 1. The molecule has 1 aliphatic heterocycles. The first kappa shape index (κ1) is 8.52. The van der Waals surface area contributed by atoms with Crippen molar-refractivity contribution in [3.8, 4) is 0 Å². The Labute approximate surface area is 74.9 Å². The van der Waals surface area contributed by atoms with Gasteiger partial charge in [-0.15, -0.1) is 0 Å². The largest absolute Gasteiger partial charge is 0.381 e. The van der Waals surface area contributed by atoms with Crippen LogP contribution < -0.4 is 0 Å². The molecule has 0 spiro atoms. The summed E-state index contributed by atoms with van der Waals surface area (Å²) in [6, 6.07) is 0. The monoisotopic (exact) mass is 169 g/mol. The lowest BCUT2D eigenvalue weighted by Crippen LogP contribution is -2.27. The lowest BCUT2D eigenvalue weighted by atomic mass is 9.80. The van der Waals surface area contributed by atoms with E-state index in [0.717, 1.165) is 11.8 Å². The molecule has 0 aromatic heterocycles. The minimum atomic E-state index is 0.553. The summed E-state index contributed by atoms with van der Waals surface area (Å²) in [5.74, 6) is 1.90. The van der Waals surface area contributed by atoms with Gasteiger partial charge in [0.1, 0.15) is 0 Å². The molecule has 1 saturated heterocycles. The third kappa shape index (κ3) is 1.50. The van der Waals surface area contributed by atoms with Crippen molar-refractivity contribution in [2.45, 2.75) is 25.4 Å². The van der Waals surface area contributed by atoms with Crippen LogP contribution in [0.2, 0.25) is 0 Å². The molecule has 12 heavy (non-hydrogen) atoms. The molecular formula is C10H19NO. The van der Waals surface area contributed by atoms with Crippen LogP contribution in [0.4, 0.5) is 0 Å². The zero-order valence-corrected chi connectivity index (χ0v) is 8.12. The maximum atomic E-state index is 5.42. The van der Waals surface area contributed by atoms with Crippen LogP contribution in [0.25, 0.3) is 0 Å². The first-order valence-corrected chi connectivity index (χ1v) is 5.01. The second-order valence-corrected chi connectivity index (χ2v) is 4.41. The van der Waals surface area contributed by atoms with Crippen molar-refractivity contribution in [1.82, 2.24) is 4.90 Å². The molecule has 0 bridgehead atoms. The van der Waals surface area contributed by atoms with Gasteiger partial charge in [0.05, 0.1) is 6.10 Å². The highest BCUT2D eigenvalue weighted by Crippen LogP contribution is 2.36. The topological polar surface area (TPSA) is 12.5 Å². The molecule has 0 aromatic carbocycles. The summed E-state index contributed by atoms with van der Waals surface area (Å²) in [4.78, 5) is 2.47. The van der Waals surface area contributed by atoms with Crippen molar-refractivity contribution >= 4 is 0 Å². The van der Waals surface area contributed by atoms with E-state index in [2.05, 4.69) is 11.9 Å². The van der Waals surface area contributed by atoms with Gasteiger partial charge in [-0.3, -0.25) is 0 Å². The summed E-state index contributed by atoms with van der Waals surface area (Å²) in [6.07, 6.45) is 4.52. The van der Waals surface area contributed by atoms with Crippen LogP contribution >= 0.6 is 0 Å². The van der Waals surface area contributed by atoms with E-state index in [1.54, 1.807) is 0 Å². The number of rotatable bonds is 1. The molecule has 0 radical (unpaired) electrons. The van der Waals surface area contributed by atoms with Crippen molar-refractivity contribution < 1.29 is 4.74 Å². The molecule has 1 aliphatic carbocycles. The summed E-state index contributed by atoms with van der Waals surface area (Å²) in [7, 11) is 4.09. The summed E-state index contributed by atoms with van der Waals surface area (Å²) in [6.45, 7) is 2.62. The number of methoxy groups -OCH3 is 1. The van der Waals surface area contributed by atoms with Crippen molar-refractivity contribution in [2.24, 2.45) is 11.8 Å². The molecule has 1 saturated carbocycles. The smallest absolute Gasteiger partial charge is 0.0574 e. The first-order valence-electron chi connectivity index (χ1n) is 5.01. The van der Waals surface area contributed by atoms with Crippen LogP contribution in [0.15, 0.2) is 0 Å². The van der Waals surface area contributed by atoms with E-state index < -0.39 is 0 Å². The third-order valence-electron chi connectivity index (χ3n) is 3.52. The van der Waals surface area contributed by atoms with Crippen molar-refractivity contribution in [3.05, 3.63) is 0 Å². The number of hydrogen-bond acceptors (Lipinski definition) is 2. The highest BCUT2D eigenvalue weighted by molar-refractivity contribution is 4.88. The molecule has 0 N–H and O–H groups in total. The van der Waals surface area contributed by atoms with Crippen LogP contribution in [0.3, 0.4) is 0 Å². The molecular weight excluding hydrogens is 150 g/mol. The van der Waals surface area contributed by atoms with Gasteiger partial charge in [-0.25, -0.2) is 0 Å². The van der Waals surface area contributed by atoms with Crippen LogP contribution in [0, 0.1) is 11.8 Å². The van der Waals surface area contributed by atoms with E-state index in [1.807, 2.05) is 7.11 Å². The van der Waals surface area contributed by atoms with Gasteiger partial charge in [0.25, 0.3) is 0 Å². The lowest BCUT2D eigenvalue weighted by molar-refractivity contribution is 0.0409. The van der Waals surface area contributed by atoms with Gasteiger partial charge in [0.2, 0.25) is 0 Å². The van der Waals surface area contributed by atoms with E-state index in [0.29, 0.717) is 6.10 Å². The molecule has 1 unspecified atom stereocenters. The minimum absolute atomic E-state index is 0.553. The van der Waals surface area contributed by atoms with Gasteiger partial charge in [0.15, 0.2) is 0 Å². The molecule has 0 amide bonds. The molecule has 2 heteroatoms. The number of hydrogen-bond donors (Lipinski definition) is 0. The Hall–Kier alpha value is -0.0800. The van der Waals surface area contributed by atoms with Gasteiger partial charge in [0, 0.05) is 20.2 Å². The summed E-state index contributed by atoms with van der Waals surface area (Å²) < 4.78 is 5.42. The van der Waals surface area contributed by atoms with Crippen LogP contribution in [0.1, 0.15) is 19.3 Å². The molecule has 1 heterocycles. The Morgan fingerprint density at radius 3 is 2.67 bits per heavy atom. The number of fused-ring (bicyclic) bond motifs is 1. The number of likely N-dealkylation sites (tertiary alicyclic amines) is 1. The molecule has 2 rings (SSSR count). The fraction of sp³-hybridized carbons (Fsp3) is 1.00. The molecule has 2 aliphatic rings. The molecule has 3 atom stereocenters. The Bertz CT molecular complexity index is 160. The minimum Gasteiger partial charge on any atom is -0.381 e. The first-order chi connectivity index (χ1) is 5.79. The number of nitrogens with zero attached hydrogens (tertiary/aromatic N) is 1. The fourth-order valence-corrected chi connectivity index (χ4v) is 2.84. The molecule has 2 fully saturated rings. The highest BCUT2D eigenvalue weighted by Gasteiger charge is 2.36. The summed E-state index contributed by atoms with van der Waals surface area (Å²) in [5, 5.41) is 0. The van der Waals surface area contributed by atoms with Crippen molar-refractivity contribution in [3.63, 3.8) is 0 Å².